The van der Waals surface area contributed by atoms with E-state index < -0.39 is 27.4 Å². The minimum atomic E-state index is -3.90. The predicted molar refractivity (Wildman–Crippen MR) is 107 cm³/mol. The van der Waals surface area contributed by atoms with Crippen molar-refractivity contribution < 1.29 is 22.9 Å². The summed E-state index contributed by atoms with van der Waals surface area (Å²) in [7, 11) is -2.58. The van der Waals surface area contributed by atoms with Crippen LogP contribution in [0.4, 0.5) is 11.4 Å². The van der Waals surface area contributed by atoms with Crippen molar-refractivity contribution in [2.45, 2.75) is 13.0 Å². The summed E-state index contributed by atoms with van der Waals surface area (Å²) in [6, 6.07) is 11.4. The van der Waals surface area contributed by atoms with Crippen LogP contribution < -0.4 is 9.04 Å². The third-order valence-electron chi connectivity index (χ3n) is 4.80. The van der Waals surface area contributed by atoms with Crippen LogP contribution in [0.3, 0.4) is 0 Å². The van der Waals surface area contributed by atoms with Crippen LogP contribution in [0.2, 0.25) is 0 Å². The number of rotatable bonds is 6. The van der Waals surface area contributed by atoms with Crippen LogP contribution in [0, 0.1) is 10.1 Å². The molecule has 0 saturated heterocycles. The fraction of sp³-hybridized carbons (Fsp3) is 0.316. The molecule has 1 heterocycles. The van der Waals surface area contributed by atoms with Crippen LogP contribution >= 0.6 is 0 Å². The number of benzene rings is 2. The van der Waals surface area contributed by atoms with Crippen LogP contribution in [0.5, 0.6) is 5.75 Å². The zero-order valence-corrected chi connectivity index (χ0v) is 16.9. The topological polar surface area (TPSA) is 110 Å². The van der Waals surface area contributed by atoms with E-state index in [1.165, 1.54) is 19.2 Å². The number of non-ortho nitro benzene ring substituents is 1. The standard InChI is InChI=1S/C19H21N3O6S/c1-28-18-8-7-16(22(24)25)11-17(18)21(29(2,26)27)13-19(23)20-10-9-14-5-3-4-6-15(14)12-20/h3-8,11H,9-10,12-13H2,1-2H3. The van der Waals surface area contributed by atoms with Crippen molar-refractivity contribution in [3.05, 3.63) is 63.7 Å². The van der Waals surface area contributed by atoms with Crippen LogP contribution in [0.15, 0.2) is 42.5 Å². The molecule has 0 atom stereocenters. The van der Waals surface area contributed by atoms with Gasteiger partial charge in [-0.3, -0.25) is 19.2 Å². The van der Waals surface area contributed by atoms with Crippen LogP contribution in [-0.4, -0.2) is 50.6 Å². The molecule has 154 valence electrons. The lowest BCUT2D eigenvalue weighted by Gasteiger charge is -2.31. The van der Waals surface area contributed by atoms with Gasteiger partial charge in [-0.1, -0.05) is 24.3 Å². The van der Waals surface area contributed by atoms with Crippen molar-refractivity contribution in [3.8, 4) is 5.75 Å². The fourth-order valence-corrected chi connectivity index (χ4v) is 4.14. The van der Waals surface area contributed by atoms with Crippen molar-refractivity contribution in [1.29, 1.82) is 0 Å². The number of ether oxygens (including phenoxy) is 1. The van der Waals surface area contributed by atoms with Crippen molar-refractivity contribution in [1.82, 2.24) is 4.90 Å². The SMILES string of the molecule is COc1ccc([N+](=O)[O-])cc1N(CC(=O)N1CCc2ccccc2C1)S(C)(=O)=O. The molecule has 0 aromatic heterocycles. The molecule has 0 fully saturated rings. The molecule has 3 rings (SSSR count). The van der Waals surface area contributed by atoms with E-state index in [1.54, 1.807) is 4.90 Å². The van der Waals surface area contributed by atoms with Gasteiger partial charge in [0.25, 0.3) is 5.69 Å². The van der Waals surface area contributed by atoms with Crippen LogP contribution in [-0.2, 0) is 27.8 Å². The first-order valence-electron chi connectivity index (χ1n) is 8.85. The van der Waals surface area contributed by atoms with E-state index in [0.29, 0.717) is 19.5 Å². The van der Waals surface area contributed by atoms with Crippen LogP contribution in [0.1, 0.15) is 11.1 Å². The molecule has 2 aromatic rings. The molecule has 9 nitrogen and oxygen atoms in total. The lowest BCUT2D eigenvalue weighted by Crippen LogP contribution is -2.44. The molecule has 10 heteroatoms. The highest BCUT2D eigenvalue weighted by Gasteiger charge is 2.29. The number of anilines is 1. The molecule has 0 saturated carbocycles. The molecule has 1 amide bonds. The zero-order valence-electron chi connectivity index (χ0n) is 16.1. The number of carbonyl (C=O) groups is 1. The smallest absolute Gasteiger partial charge is 0.271 e. The largest absolute Gasteiger partial charge is 0.495 e. The minimum Gasteiger partial charge on any atom is -0.495 e. The number of fused-ring (bicyclic) bond motifs is 1. The molecule has 0 unspecified atom stereocenters. The molecule has 1 aliphatic heterocycles. The van der Waals surface area contributed by atoms with Gasteiger partial charge in [0.1, 0.15) is 18.0 Å². The number of nitro groups is 1. The number of nitrogens with zero attached hydrogens (tertiary/aromatic N) is 3. The summed E-state index contributed by atoms with van der Waals surface area (Å²) in [4.78, 5) is 25.0. The van der Waals surface area contributed by atoms with Gasteiger partial charge in [0.15, 0.2) is 0 Å². The van der Waals surface area contributed by atoms with Crippen molar-refractivity contribution in [3.63, 3.8) is 0 Å². The van der Waals surface area contributed by atoms with Crippen molar-refractivity contribution >= 4 is 27.3 Å². The Morgan fingerprint density at radius 3 is 2.55 bits per heavy atom. The van der Waals surface area contributed by atoms with Gasteiger partial charge in [-0.2, -0.15) is 0 Å². The predicted octanol–water partition coefficient (Wildman–Crippen LogP) is 1.95. The van der Waals surface area contributed by atoms with E-state index in [1.807, 2.05) is 24.3 Å². The maximum absolute atomic E-state index is 12.9. The van der Waals surface area contributed by atoms with E-state index >= 15 is 0 Å². The Labute approximate surface area is 168 Å². The summed E-state index contributed by atoms with van der Waals surface area (Å²) in [6.45, 7) is 0.386. The minimum absolute atomic E-state index is 0.0463. The van der Waals surface area contributed by atoms with Gasteiger partial charge < -0.3 is 9.64 Å². The van der Waals surface area contributed by atoms with Gasteiger partial charge in [-0.15, -0.1) is 0 Å². The van der Waals surface area contributed by atoms with E-state index in [-0.39, 0.29) is 17.1 Å². The maximum Gasteiger partial charge on any atom is 0.271 e. The van der Waals surface area contributed by atoms with Crippen molar-refractivity contribution in [2.75, 3.05) is 30.8 Å². The summed E-state index contributed by atoms with van der Waals surface area (Å²) in [5, 5.41) is 11.1. The second-order valence-electron chi connectivity index (χ2n) is 6.72. The molecular weight excluding hydrogens is 398 g/mol. The highest BCUT2D eigenvalue weighted by molar-refractivity contribution is 7.92. The van der Waals surface area contributed by atoms with Crippen LogP contribution in [0.25, 0.3) is 0 Å². The summed E-state index contributed by atoms with van der Waals surface area (Å²) in [5.41, 5.74) is 1.84. The summed E-state index contributed by atoms with van der Waals surface area (Å²) in [6.07, 6.45) is 1.63. The monoisotopic (exact) mass is 419 g/mol. The van der Waals surface area contributed by atoms with E-state index in [4.69, 9.17) is 4.74 Å². The average Bonchev–Trinajstić information content (AvgIpc) is 2.70. The maximum atomic E-state index is 12.9. The third-order valence-corrected chi connectivity index (χ3v) is 5.93. The fourth-order valence-electron chi connectivity index (χ4n) is 3.30. The number of carbonyl (C=O) groups excluding carboxylic acids is 1. The number of hydrogen-bond donors (Lipinski definition) is 0. The Morgan fingerprint density at radius 1 is 1.24 bits per heavy atom. The Balaban J connectivity index is 1.91. The number of nitro benzene ring substituents is 1. The number of amides is 1. The molecule has 2 aromatic carbocycles. The molecular formula is C19H21N3O6S. The second-order valence-corrected chi connectivity index (χ2v) is 8.62. The van der Waals surface area contributed by atoms with Gasteiger partial charge in [0.2, 0.25) is 15.9 Å². The Kier molecular flexibility index (Phi) is 5.73. The summed E-state index contributed by atoms with van der Waals surface area (Å²) < 4.78 is 30.9. The highest BCUT2D eigenvalue weighted by Crippen LogP contribution is 2.34. The lowest BCUT2D eigenvalue weighted by molar-refractivity contribution is -0.384. The molecule has 0 spiro atoms. The van der Waals surface area contributed by atoms with E-state index in [9.17, 15) is 23.3 Å². The number of methoxy groups -OCH3 is 1. The molecule has 0 radical (unpaired) electrons. The third kappa shape index (κ3) is 4.48. The summed E-state index contributed by atoms with van der Waals surface area (Å²) >= 11 is 0. The molecule has 1 aliphatic rings. The first-order chi connectivity index (χ1) is 13.7. The first kappa shape index (κ1) is 20.6. The molecule has 0 bridgehead atoms. The normalized spacial score (nSPS) is 13.5. The van der Waals surface area contributed by atoms with E-state index in [0.717, 1.165) is 27.8 Å². The highest BCUT2D eigenvalue weighted by atomic mass is 32.2. The first-order valence-corrected chi connectivity index (χ1v) is 10.7. The van der Waals surface area contributed by atoms with Gasteiger partial charge in [-0.05, 0) is 23.6 Å². The number of hydrogen-bond acceptors (Lipinski definition) is 6. The zero-order chi connectivity index (χ0) is 21.2. The molecule has 0 aliphatic carbocycles. The van der Waals surface area contributed by atoms with Gasteiger partial charge in [0.05, 0.1) is 18.3 Å². The Morgan fingerprint density at radius 2 is 1.93 bits per heavy atom. The van der Waals surface area contributed by atoms with Gasteiger partial charge in [-0.25, -0.2) is 8.42 Å². The van der Waals surface area contributed by atoms with Crippen molar-refractivity contribution in [2.24, 2.45) is 0 Å². The van der Waals surface area contributed by atoms with Gasteiger partial charge in [0, 0.05) is 25.2 Å². The second kappa shape index (κ2) is 8.08. The quantitative estimate of drug-likeness (QED) is 0.523. The van der Waals surface area contributed by atoms with Gasteiger partial charge >= 0.3 is 0 Å². The average molecular weight is 419 g/mol. The Hall–Kier alpha value is -3.14. The Bertz CT molecular complexity index is 1050. The lowest BCUT2D eigenvalue weighted by atomic mass is 10.00. The molecule has 0 N–H and O–H groups in total. The summed E-state index contributed by atoms with van der Waals surface area (Å²) in [5.74, 6) is -0.267. The number of sulfonamides is 1. The van der Waals surface area contributed by atoms with E-state index in [2.05, 4.69) is 0 Å². The molecule has 29 heavy (non-hydrogen) atoms.